The highest BCUT2D eigenvalue weighted by atomic mass is 35.5. The van der Waals surface area contributed by atoms with Crippen molar-refractivity contribution in [3.05, 3.63) is 68.7 Å². The monoisotopic (exact) mass is 319 g/mol. The van der Waals surface area contributed by atoms with Crippen molar-refractivity contribution in [3.8, 4) is 5.75 Å². The average Bonchev–Trinajstić information content (AvgIpc) is 2.99. The molecule has 0 aromatic heterocycles. The molecule has 1 atom stereocenters. The zero-order valence-electron chi connectivity index (χ0n) is 11.1. The fraction of sp³-hybridized carbons (Fsp3) is 0.0714. The Morgan fingerprint density at radius 1 is 1.32 bits per heavy atom. The van der Waals surface area contributed by atoms with E-state index in [1.165, 1.54) is 6.07 Å². The van der Waals surface area contributed by atoms with E-state index in [4.69, 9.17) is 16.4 Å². The van der Waals surface area contributed by atoms with Crippen LogP contribution in [0.4, 0.5) is 5.69 Å². The van der Waals surface area contributed by atoms with Gasteiger partial charge >= 0.3 is 5.69 Å². The van der Waals surface area contributed by atoms with Gasteiger partial charge in [-0.1, -0.05) is 41.9 Å². The van der Waals surface area contributed by atoms with E-state index in [2.05, 4.69) is 10.5 Å². The Balaban J connectivity index is 1.99. The number of nitrogens with zero attached hydrogens (tertiary/aromatic N) is 2. The van der Waals surface area contributed by atoms with Crippen molar-refractivity contribution in [2.45, 2.75) is 6.23 Å². The second kappa shape index (κ2) is 5.63. The second-order valence-electron chi connectivity index (χ2n) is 4.54. The van der Waals surface area contributed by atoms with Crippen LogP contribution in [0.2, 0.25) is 5.02 Å². The number of aliphatic imine (C=N–C) groups is 1. The molecule has 0 unspecified atom stereocenters. The lowest BCUT2D eigenvalue weighted by molar-refractivity contribution is -0.386. The number of nitro groups is 1. The molecule has 0 saturated heterocycles. The largest absolute Gasteiger partial charge is 0.502 e. The van der Waals surface area contributed by atoms with Crippen LogP contribution in [0.1, 0.15) is 17.4 Å². The number of halogens is 1. The number of hydroxylamine groups is 1. The number of hydrogen-bond acceptors (Lipinski definition) is 6. The van der Waals surface area contributed by atoms with Crippen LogP contribution in [-0.4, -0.2) is 15.9 Å². The van der Waals surface area contributed by atoms with Gasteiger partial charge < -0.3 is 5.11 Å². The maximum atomic E-state index is 10.9. The van der Waals surface area contributed by atoms with Crippen molar-refractivity contribution in [2.24, 2.45) is 4.99 Å². The SMILES string of the molecule is O=[N+]([O-])c1cc(Cl)cc([C@H]2N=C(c3ccccc3)NO2)c1O. The molecule has 1 heterocycles. The minimum Gasteiger partial charge on any atom is -0.502 e. The number of amidine groups is 1. The molecule has 0 radical (unpaired) electrons. The van der Waals surface area contributed by atoms with Gasteiger partial charge in [-0.2, -0.15) is 0 Å². The summed E-state index contributed by atoms with van der Waals surface area (Å²) < 4.78 is 0. The standard InChI is InChI=1S/C14H10ClN3O4/c15-9-6-10(12(19)11(7-9)18(20)21)14-16-13(17-22-14)8-4-2-1-3-5-8/h1-7,14,19H,(H,16,17)/t14-/m0/s1. The molecule has 0 amide bonds. The molecule has 7 nitrogen and oxygen atoms in total. The highest BCUT2D eigenvalue weighted by molar-refractivity contribution is 6.31. The number of benzene rings is 2. The number of nitro benzene ring substituents is 1. The summed E-state index contributed by atoms with van der Waals surface area (Å²) in [4.78, 5) is 19.8. The molecule has 2 N–H and O–H groups in total. The highest BCUT2D eigenvalue weighted by Crippen LogP contribution is 2.39. The quantitative estimate of drug-likeness (QED) is 0.669. The zero-order chi connectivity index (χ0) is 15.7. The predicted molar refractivity (Wildman–Crippen MR) is 79.7 cm³/mol. The van der Waals surface area contributed by atoms with Crippen LogP contribution in [0.15, 0.2) is 47.5 Å². The first kappa shape index (κ1) is 14.3. The summed E-state index contributed by atoms with van der Waals surface area (Å²) in [7, 11) is 0. The Labute approximate surface area is 129 Å². The van der Waals surface area contributed by atoms with Crippen molar-refractivity contribution in [1.29, 1.82) is 0 Å². The van der Waals surface area contributed by atoms with Crippen LogP contribution in [0.25, 0.3) is 0 Å². The summed E-state index contributed by atoms with van der Waals surface area (Å²) in [6.45, 7) is 0. The Bertz CT molecular complexity index is 764. The lowest BCUT2D eigenvalue weighted by atomic mass is 10.1. The Morgan fingerprint density at radius 2 is 2.05 bits per heavy atom. The van der Waals surface area contributed by atoms with Gasteiger partial charge in [0.15, 0.2) is 5.84 Å². The Morgan fingerprint density at radius 3 is 2.73 bits per heavy atom. The molecule has 0 saturated carbocycles. The normalized spacial score (nSPS) is 17.0. The van der Waals surface area contributed by atoms with Gasteiger partial charge in [0.05, 0.1) is 10.5 Å². The van der Waals surface area contributed by atoms with E-state index in [-0.39, 0.29) is 10.6 Å². The molecule has 0 spiro atoms. The van der Waals surface area contributed by atoms with Crippen molar-refractivity contribution in [1.82, 2.24) is 5.48 Å². The van der Waals surface area contributed by atoms with Gasteiger partial charge in [0, 0.05) is 16.7 Å². The van der Waals surface area contributed by atoms with Gasteiger partial charge in [-0.25, -0.2) is 15.3 Å². The number of hydrogen-bond donors (Lipinski definition) is 2. The van der Waals surface area contributed by atoms with Crippen LogP contribution in [-0.2, 0) is 4.84 Å². The number of aromatic hydroxyl groups is 1. The first-order valence-corrected chi connectivity index (χ1v) is 6.66. The predicted octanol–water partition coefficient (Wildman–Crippen LogP) is 2.93. The van der Waals surface area contributed by atoms with Crippen LogP contribution in [0, 0.1) is 10.1 Å². The van der Waals surface area contributed by atoms with E-state index >= 15 is 0 Å². The van der Waals surface area contributed by atoms with Crippen LogP contribution in [0.5, 0.6) is 5.75 Å². The van der Waals surface area contributed by atoms with E-state index in [1.807, 2.05) is 30.3 Å². The number of phenols is 1. The van der Waals surface area contributed by atoms with Crippen molar-refractivity contribution < 1.29 is 14.9 Å². The average molecular weight is 320 g/mol. The topological polar surface area (TPSA) is 97.0 Å². The van der Waals surface area contributed by atoms with Crippen LogP contribution >= 0.6 is 11.6 Å². The molecular formula is C14H10ClN3O4. The minimum atomic E-state index is -0.924. The summed E-state index contributed by atoms with van der Waals surface area (Å²) >= 11 is 5.86. The molecule has 0 aliphatic carbocycles. The Hall–Kier alpha value is -2.64. The second-order valence-corrected chi connectivity index (χ2v) is 4.97. The van der Waals surface area contributed by atoms with Gasteiger partial charge in [0.1, 0.15) is 0 Å². The lowest BCUT2D eigenvalue weighted by Crippen LogP contribution is -2.17. The van der Waals surface area contributed by atoms with Crippen LogP contribution in [0.3, 0.4) is 0 Å². The first-order chi connectivity index (χ1) is 10.6. The molecule has 1 aliphatic heterocycles. The smallest absolute Gasteiger partial charge is 0.312 e. The molecular weight excluding hydrogens is 310 g/mol. The maximum absolute atomic E-state index is 10.9. The molecule has 2 aromatic carbocycles. The zero-order valence-corrected chi connectivity index (χ0v) is 11.8. The molecule has 0 bridgehead atoms. The summed E-state index contributed by atoms with van der Waals surface area (Å²) in [5.41, 5.74) is 3.07. The molecule has 3 rings (SSSR count). The third-order valence-electron chi connectivity index (χ3n) is 3.11. The van der Waals surface area contributed by atoms with Crippen molar-refractivity contribution >= 4 is 23.1 Å². The van der Waals surface area contributed by atoms with Gasteiger partial charge in [-0.15, -0.1) is 0 Å². The molecule has 22 heavy (non-hydrogen) atoms. The summed E-state index contributed by atoms with van der Waals surface area (Å²) in [6, 6.07) is 11.7. The first-order valence-electron chi connectivity index (χ1n) is 6.28. The molecule has 8 heteroatoms. The molecule has 0 fully saturated rings. The lowest BCUT2D eigenvalue weighted by Gasteiger charge is -2.09. The van der Waals surface area contributed by atoms with Gasteiger partial charge in [-0.05, 0) is 6.07 Å². The van der Waals surface area contributed by atoms with Gasteiger partial charge in [0.2, 0.25) is 12.0 Å². The summed E-state index contributed by atoms with van der Waals surface area (Å²) in [5.74, 6) is -0.0492. The summed E-state index contributed by atoms with van der Waals surface area (Å²) in [6.07, 6.45) is -0.924. The summed E-state index contributed by atoms with van der Waals surface area (Å²) in [5, 5.41) is 21.1. The fourth-order valence-electron chi connectivity index (χ4n) is 2.08. The number of phenolic OH excluding ortho intramolecular Hbond substituents is 1. The van der Waals surface area contributed by atoms with Crippen molar-refractivity contribution in [2.75, 3.05) is 0 Å². The van der Waals surface area contributed by atoms with Crippen molar-refractivity contribution in [3.63, 3.8) is 0 Å². The molecule has 1 aliphatic rings. The van der Waals surface area contributed by atoms with E-state index in [9.17, 15) is 15.2 Å². The number of nitrogens with one attached hydrogen (secondary N) is 1. The van der Waals surface area contributed by atoms with Gasteiger partial charge in [0.25, 0.3) is 0 Å². The third kappa shape index (κ3) is 2.59. The van der Waals surface area contributed by atoms with E-state index in [1.54, 1.807) is 0 Å². The fourth-order valence-corrected chi connectivity index (χ4v) is 2.30. The van der Waals surface area contributed by atoms with E-state index in [0.717, 1.165) is 11.6 Å². The molecule has 2 aromatic rings. The Kier molecular flexibility index (Phi) is 3.66. The maximum Gasteiger partial charge on any atom is 0.312 e. The minimum absolute atomic E-state index is 0.117. The molecule has 112 valence electrons. The number of rotatable bonds is 3. The van der Waals surface area contributed by atoms with E-state index < -0.39 is 22.6 Å². The van der Waals surface area contributed by atoms with E-state index in [0.29, 0.717) is 5.84 Å². The van der Waals surface area contributed by atoms with Gasteiger partial charge in [-0.3, -0.25) is 10.1 Å². The van der Waals surface area contributed by atoms with Crippen LogP contribution < -0.4 is 5.48 Å². The highest BCUT2D eigenvalue weighted by Gasteiger charge is 2.28. The third-order valence-corrected chi connectivity index (χ3v) is 3.33.